The molecule has 0 aliphatic heterocycles. The van der Waals surface area contributed by atoms with Gasteiger partial charge in [-0.05, 0) is 156 Å². The van der Waals surface area contributed by atoms with E-state index in [4.69, 9.17) is 23.2 Å². The molecule has 0 aliphatic carbocycles. The first-order valence-corrected chi connectivity index (χ1v) is 36.7. The minimum Gasteiger partial charge on any atom is -0.456 e. The molecule has 24 rings (SSSR count). The lowest BCUT2D eigenvalue weighted by Gasteiger charge is -2.12. The second-order valence-corrected chi connectivity index (χ2v) is 27.8. The molecule has 0 radical (unpaired) electrons. The van der Waals surface area contributed by atoms with Gasteiger partial charge in [-0.15, -0.1) is 0 Å². The number of hydrogen-bond acceptors (Lipinski definition) is 6. The summed E-state index contributed by atoms with van der Waals surface area (Å²) in [5, 5.41) is 16.6. The van der Waals surface area contributed by atoms with Crippen LogP contribution in [0, 0.1) is 0 Å². The minimum atomic E-state index is 0.910. The highest BCUT2D eigenvalue weighted by molar-refractivity contribution is 6.30. The Morgan fingerprint density at radius 1 is 0.248 bits per heavy atom. The van der Waals surface area contributed by atoms with E-state index in [9.17, 15) is 0 Å². The highest BCUT2D eigenvalue weighted by Gasteiger charge is 2.24. The van der Waals surface area contributed by atoms with Gasteiger partial charge in [0.1, 0.15) is 45.3 Å². The maximum atomic E-state index is 6.26. The van der Waals surface area contributed by atoms with Crippen molar-refractivity contribution in [2.75, 3.05) is 0 Å². The monoisotopic (exact) mass is 1400 g/mol. The van der Waals surface area contributed by atoms with Crippen LogP contribution >= 0.6 is 0 Å². The Labute approximate surface area is 622 Å². The summed E-state index contributed by atoms with van der Waals surface area (Å²) in [4.78, 5) is 14.2. The maximum absolute atomic E-state index is 6.26. The van der Waals surface area contributed by atoms with Crippen molar-refractivity contribution < 1.29 is 13.3 Å². The molecule has 9 aromatic heterocycles. The number of nitrogens with zero attached hydrogens (tertiary/aromatic N) is 7. The quantitative estimate of drug-likeness (QED) is 0.158. The smallest absolute Gasteiger partial charge is 0.136 e. The van der Waals surface area contributed by atoms with Crippen molar-refractivity contribution in [3.63, 3.8) is 0 Å². The van der Waals surface area contributed by atoms with Crippen LogP contribution in [0.1, 0.15) is 0 Å². The van der Waals surface area contributed by atoms with Gasteiger partial charge in [-0.1, -0.05) is 212 Å². The molecular formula is C99H61N7O3. The van der Waals surface area contributed by atoms with Gasteiger partial charge in [0.2, 0.25) is 0 Å². The molecule has 0 amide bonds. The fraction of sp³-hybridized carbons (Fsp3) is 0. The van der Waals surface area contributed by atoms with Crippen molar-refractivity contribution in [2.45, 2.75) is 0 Å². The summed E-state index contributed by atoms with van der Waals surface area (Å²) < 4.78 is 27.9. The molecule has 0 fully saturated rings. The van der Waals surface area contributed by atoms with Crippen molar-refractivity contribution in [2.24, 2.45) is 0 Å². The number of furan rings is 3. The number of imidazole rings is 1. The molecule has 0 N–H and O–H groups in total. The number of pyridine rings is 2. The molecule has 9 heterocycles. The number of rotatable bonds is 7. The van der Waals surface area contributed by atoms with Gasteiger partial charge >= 0.3 is 0 Å². The number of aromatic nitrogens is 7. The molecule has 10 heteroatoms. The highest BCUT2D eigenvalue weighted by Crippen LogP contribution is 2.46. The Bertz CT molecular complexity index is 7670. The lowest BCUT2D eigenvalue weighted by molar-refractivity contribution is 0.669. The fourth-order valence-electron chi connectivity index (χ4n) is 16.9. The zero-order valence-corrected chi connectivity index (χ0v) is 58.6. The van der Waals surface area contributed by atoms with Gasteiger partial charge < -0.3 is 27.0 Å². The third kappa shape index (κ3) is 9.93. The van der Waals surface area contributed by atoms with Gasteiger partial charge in [0.25, 0.3) is 0 Å². The molecule has 0 unspecified atom stereocenters. The molecule has 10 nitrogen and oxygen atoms in total. The topological polar surface area (TPSA) is 97.8 Å². The first-order valence-electron chi connectivity index (χ1n) is 36.7. The first-order chi connectivity index (χ1) is 54.1. The Hall–Kier alpha value is -14.9. The molecule has 0 saturated heterocycles. The van der Waals surface area contributed by atoms with Gasteiger partial charge in [-0.2, -0.15) is 0 Å². The predicted molar refractivity (Wildman–Crippen MR) is 448 cm³/mol. The molecule has 15 aromatic carbocycles. The second kappa shape index (κ2) is 24.9. The van der Waals surface area contributed by atoms with Crippen LogP contribution in [-0.2, 0) is 0 Å². The molecule has 0 atom stereocenters. The zero-order chi connectivity index (χ0) is 71.6. The number of benzene rings is 15. The van der Waals surface area contributed by atoms with E-state index in [1.165, 1.54) is 70.5 Å². The Balaban J connectivity index is 0.000000103. The summed E-state index contributed by atoms with van der Waals surface area (Å²) in [5.74, 6) is 0. The van der Waals surface area contributed by atoms with Crippen LogP contribution in [0.4, 0.5) is 0 Å². The van der Waals surface area contributed by atoms with E-state index in [1.807, 2.05) is 73.3 Å². The van der Waals surface area contributed by atoms with Crippen LogP contribution < -0.4 is 0 Å². The maximum Gasteiger partial charge on any atom is 0.136 e. The fourth-order valence-corrected chi connectivity index (χ4v) is 16.9. The van der Waals surface area contributed by atoms with Crippen molar-refractivity contribution >= 4 is 153 Å². The van der Waals surface area contributed by atoms with Crippen LogP contribution in [0.3, 0.4) is 0 Å². The average Bonchev–Trinajstić information content (AvgIpc) is 1.56. The van der Waals surface area contributed by atoms with Crippen LogP contribution in [0.15, 0.2) is 384 Å². The average molecular weight is 1400 g/mol. The van der Waals surface area contributed by atoms with Crippen molar-refractivity contribution in [3.8, 4) is 56.4 Å². The summed E-state index contributed by atoms with van der Waals surface area (Å²) in [7, 11) is 0. The highest BCUT2D eigenvalue weighted by atomic mass is 16.3. The third-order valence-corrected chi connectivity index (χ3v) is 21.7. The Kier molecular flexibility index (Phi) is 14.1. The number of para-hydroxylation sites is 8. The third-order valence-electron chi connectivity index (χ3n) is 21.7. The van der Waals surface area contributed by atoms with E-state index in [2.05, 4.69) is 321 Å². The summed E-state index contributed by atoms with van der Waals surface area (Å²) in [6.45, 7) is 0. The SMILES string of the molecule is c1ccc(-c2cc(-c3ccc(-n4c5ccccc5c5c6c(ccc54)oc4ccccc46)cc3)cc(-c3ccccc3)n2)cc1.c1ccc(-n2cnc3c(-n4c5ccccc5c5c6c(ccc54)oc4ccccc46)cccc32)cc1.c1ccc2c(c1)oc1ccc3c(c4ccccc4n3-c3ccc4cnccc4c3)c12. The lowest BCUT2D eigenvalue weighted by atomic mass is 10.00. The van der Waals surface area contributed by atoms with Crippen molar-refractivity contribution in [1.82, 2.24) is 33.2 Å². The molecule has 0 aliphatic rings. The lowest BCUT2D eigenvalue weighted by Crippen LogP contribution is -1.96. The predicted octanol–water partition coefficient (Wildman–Crippen LogP) is 26.3. The van der Waals surface area contributed by atoms with Gasteiger partial charge in [0, 0.05) is 111 Å². The minimum absolute atomic E-state index is 0.910. The van der Waals surface area contributed by atoms with Gasteiger partial charge in [0.15, 0.2) is 0 Å². The van der Waals surface area contributed by atoms with Crippen LogP contribution in [0.25, 0.3) is 209 Å². The molecule has 0 bridgehead atoms. The second-order valence-electron chi connectivity index (χ2n) is 27.8. The summed E-state index contributed by atoms with van der Waals surface area (Å²) in [5.41, 5.74) is 25.4. The summed E-state index contributed by atoms with van der Waals surface area (Å²) in [6, 6.07) is 123. The molecular weight excluding hydrogens is 1340 g/mol. The van der Waals surface area contributed by atoms with Gasteiger partial charge in [-0.3, -0.25) is 9.55 Å². The Morgan fingerprint density at radius 3 is 1.20 bits per heavy atom. The molecule has 510 valence electrons. The largest absolute Gasteiger partial charge is 0.456 e. The molecule has 109 heavy (non-hydrogen) atoms. The number of hydrogen-bond donors (Lipinski definition) is 0. The van der Waals surface area contributed by atoms with Crippen molar-refractivity contribution in [3.05, 3.63) is 371 Å². The molecule has 0 saturated carbocycles. The normalized spacial score (nSPS) is 11.9. The van der Waals surface area contributed by atoms with Crippen molar-refractivity contribution in [1.29, 1.82) is 0 Å². The zero-order valence-electron chi connectivity index (χ0n) is 58.6. The Morgan fingerprint density at radius 2 is 0.679 bits per heavy atom. The van der Waals surface area contributed by atoms with Crippen LogP contribution in [-0.4, -0.2) is 33.2 Å². The van der Waals surface area contributed by atoms with E-state index in [0.717, 1.165) is 139 Å². The van der Waals surface area contributed by atoms with Gasteiger partial charge in [-0.25, -0.2) is 9.97 Å². The van der Waals surface area contributed by atoms with E-state index >= 15 is 0 Å². The summed E-state index contributed by atoms with van der Waals surface area (Å²) >= 11 is 0. The first kappa shape index (κ1) is 61.6. The van der Waals surface area contributed by atoms with E-state index in [-0.39, 0.29) is 0 Å². The standard InChI is InChI=1S/C41H26N2O.C31H19N3O.C27H16N2O/c1-3-11-28(12-4-1)34-25-30(26-35(42-34)29-13-5-2-6-14-29)27-19-21-31(22-20-27)43-36-17-9-7-15-32(36)40-37(43)23-24-39-41(40)33-16-8-10-18-38(33)44-39;1-2-9-20(10-3-1)33-19-32-31-25(33)14-8-15-26(31)34-23-13-6-4-11-21(23)29-24(34)17-18-28-30(29)22-12-5-7-16-27(22)35-28;1-3-7-22-20(5-1)26-23(11-12-25-27(26)21-6-2-4-8-24(21)30-25)29(22)19-10-9-18-16-28-14-13-17(18)15-19/h1-26H;1-19H;1-16H. The molecule has 0 spiro atoms. The van der Waals surface area contributed by atoms with Gasteiger partial charge in [0.05, 0.1) is 55.7 Å². The van der Waals surface area contributed by atoms with Crippen LogP contribution in [0.2, 0.25) is 0 Å². The van der Waals surface area contributed by atoms with E-state index in [0.29, 0.717) is 0 Å². The van der Waals surface area contributed by atoms with E-state index < -0.39 is 0 Å². The van der Waals surface area contributed by atoms with Crippen LogP contribution in [0.5, 0.6) is 0 Å². The molecule has 24 aromatic rings. The summed E-state index contributed by atoms with van der Waals surface area (Å²) in [6.07, 6.45) is 5.67. The van der Waals surface area contributed by atoms with E-state index in [1.54, 1.807) is 0 Å². The number of fused-ring (bicyclic) bond motifs is 23.